The normalized spacial score (nSPS) is 10.2. The number of rotatable bonds is 2. The van der Waals surface area contributed by atoms with E-state index in [1.807, 2.05) is 22.6 Å². The molecule has 0 radical (unpaired) electrons. The molecule has 0 aliphatic carbocycles. The summed E-state index contributed by atoms with van der Waals surface area (Å²) in [6, 6.07) is 0. The zero-order valence-electron chi connectivity index (χ0n) is 6.41. The standard InChI is InChI=1S/C6H8IN3O2/c1-3-5(7)6(8)10(9-3)2-4(11)12/h2,8H2,1H3,(H,11,12). The lowest BCUT2D eigenvalue weighted by Crippen LogP contribution is -2.12. The molecule has 1 aromatic rings. The summed E-state index contributed by atoms with van der Waals surface area (Å²) in [7, 11) is 0. The van der Waals surface area contributed by atoms with Crippen molar-refractivity contribution in [2.24, 2.45) is 0 Å². The van der Waals surface area contributed by atoms with Gasteiger partial charge >= 0.3 is 5.97 Å². The van der Waals surface area contributed by atoms with Crippen LogP contribution in [0.2, 0.25) is 0 Å². The number of aryl methyl sites for hydroxylation is 1. The van der Waals surface area contributed by atoms with Gasteiger partial charge in [-0.15, -0.1) is 0 Å². The second-order valence-corrected chi connectivity index (χ2v) is 3.41. The Bertz CT molecular complexity index is 321. The number of carboxylic acids is 1. The quantitative estimate of drug-likeness (QED) is 0.772. The summed E-state index contributed by atoms with van der Waals surface area (Å²) in [6.45, 7) is 1.60. The van der Waals surface area contributed by atoms with Gasteiger partial charge in [-0.1, -0.05) is 0 Å². The van der Waals surface area contributed by atoms with E-state index in [2.05, 4.69) is 5.10 Å². The molecule has 66 valence electrons. The molecule has 5 nitrogen and oxygen atoms in total. The fourth-order valence-electron chi connectivity index (χ4n) is 0.826. The van der Waals surface area contributed by atoms with Gasteiger partial charge in [0.05, 0.1) is 9.26 Å². The highest BCUT2D eigenvalue weighted by molar-refractivity contribution is 14.1. The summed E-state index contributed by atoms with van der Waals surface area (Å²) in [4.78, 5) is 10.3. The Kier molecular flexibility index (Phi) is 2.55. The predicted octanol–water partition coefficient (Wildman–Crippen LogP) is 0.463. The molecule has 6 heteroatoms. The van der Waals surface area contributed by atoms with Crippen LogP contribution in [0.1, 0.15) is 5.69 Å². The minimum absolute atomic E-state index is 0.185. The fourth-order valence-corrected chi connectivity index (χ4v) is 1.21. The lowest BCUT2D eigenvalue weighted by molar-refractivity contribution is -0.137. The van der Waals surface area contributed by atoms with Gasteiger partial charge in [-0.2, -0.15) is 5.10 Å². The molecule has 0 saturated carbocycles. The number of anilines is 1. The Hall–Kier alpha value is -0.790. The Morgan fingerprint density at radius 3 is 2.75 bits per heavy atom. The molecule has 0 atom stereocenters. The summed E-state index contributed by atoms with van der Waals surface area (Å²) < 4.78 is 2.09. The molecule has 0 aromatic carbocycles. The average Bonchev–Trinajstić information content (AvgIpc) is 2.17. The number of nitrogens with zero attached hydrogens (tertiary/aromatic N) is 2. The largest absolute Gasteiger partial charge is 0.480 e. The maximum Gasteiger partial charge on any atom is 0.325 e. The molecule has 0 bridgehead atoms. The third kappa shape index (κ3) is 1.68. The van der Waals surface area contributed by atoms with Crippen LogP contribution in [0.5, 0.6) is 0 Å². The first-order chi connectivity index (χ1) is 5.52. The number of hydrogen-bond donors (Lipinski definition) is 2. The van der Waals surface area contributed by atoms with Crippen LogP contribution in [0.25, 0.3) is 0 Å². The molecular weight excluding hydrogens is 273 g/mol. The van der Waals surface area contributed by atoms with Crippen LogP contribution < -0.4 is 5.73 Å². The Labute approximate surface area is 82.7 Å². The van der Waals surface area contributed by atoms with E-state index >= 15 is 0 Å². The first-order valence-corrected chi connectivity index (χ1v) is 4.30. The smallest absolute Gasteiger partial charge is 0.325 e. The molecule has 0 aliphatic rings. The van der Waals surface area contributed by atoms with Crippen molar-refractivity contribution in [2.45, 2.75) is 13.5 Å². The second kappa shape index (κ2) is 3.30. The van der Waals surface area contributed by atoms with Gasteiger partial charge in [-0.3, -0.25) is 4.79 Å². The maximum atomic E-state index is 10.3. The first-order valence-electron chi connectivity index (χ1n) is 3.22. The van der Waals surface area contributed by atoms with Crippen LogP contribution in [0.15, 0.2) is 0 Å². The van der Waals surface area contributed by atoms with Crippen molar-refractivity contribution in [1.29, 1.82) is 0 Å². The van der Waals surface area contributed by atoms with Crippen LogP contribution in [0.3, 0.4) is 0 Å². The van der Waals surface area contributed by atoms with E-state index in [1.165, 1.54) is 4.68 Å². The Morgan fingerprint density at radius 2 is 2.42 bits per heavy atom. The molecule has 12 heavy (non-hydrogen) atoms. The van der Waals surface area contributed by atoms with Gasteiger partial charge in [0.2, 0.25) is 0 Å². The summed E-state index contributed by atoms with van der Waals surface area (Å²) in [5.41, 5.74) is 6.34. The van der Waals surface area contributed by atoms with Crippen LogP contribution >= 0.6 is 22.6 Å². The highest BCUT2D eigenvalue weighted by Gasteiger charge is 2.11. The Morgan fingerprint density at radius 1 is 1.83 bits per heavy atom. The van der Waals surface area contributed by atoms with Gasteiger partial charge in [0.25, 0.3) is 0 Å². The van der Waals surface area contributed by atoms with Gasteiger partial charge in [-0.05, 0) is 29.5 Å². The average molecular weight is 281 g/mol. The van der Waals surface area contributed by atoms with E-state index in [-0.39, 0.29) is 6.54 Å². The number of nitrogens with two attached hydrogens (primary N) is 1. The zero-order chi connectivity index (χ0) is 9.30. The highest BCUT2D eigenvalue weighted by atomic mass is 127. The van der Waals surface area contributed by atoms with Gasteiger partial charge in [0, 0.05) is 0 Å². The van der Waals surface area contributed by atoms with Crippen LogP contribution in [0.4, 0.5) is 5.82 Å². The van der Waals surface area contributed by atoms with E-state index in [1.54, 1.807) is 6.92 Å². The molecule has 1 heterocycles. The predicted molar refractivity (Wildman–Crippen MR) is 51.7 cm³/mol. The van der Waals surface area contributed by atoms with Crippen LogP contribution in [0, 0.1) is 10.5 Å². The van der Waals surface area contributed by atoms with Crippen molar-refractivity contribution in [1.82, 2.24) is 9.78 Å². The maximum absolute atomic E-state index is 10.3. The summed E-state index contributed by atoms with van der Waals surface area (Å²) in [5.74, 6) is -0.531. The third-order valence-corrected chi connectivity index (χ3v) is 2.71. The lowest BCUT2D eigenvalue weighted by atomic mass is 10.5. The number of aromatic nitrogens is 2. The van der Waals surface area contributed by atoms with E-state index in [4.69, 9.17) is 10.8 Å². The lowest BCUT2D eigenvalue weighted by Gasteiger charge is -1.97. The molecule has 3 N–H and O–H groups in total. The second-order valence-electron chi connectivity index (χ2n) is 2.34. The monoisotopic (exact) mass is 281 g/mol. The van der Waals surface area contributed by atoms with E-state index in [0.717, 1.165) is 9.26 Å². The number of aliphatic carboxylic acids is 1. The van der Waals surface area contributed by atoms with E-state index in [9.17, 15) is 4.79 Å². The SMILES string of the molecule is Cc1nn(CC(=O)O)c(N)c1I. The minimum atomic E-state index is -0.944. The molecule has 1 rings (SSSR count). The molecular formula is C6H8IN3O2. The Balaban J connectivity index is 3.01. The van der Waals surface area contributed by atoms with Crippen molar-refractivity contribution >= 4 is 34.4 Å². The van der Waals surface area contributed by atoms with Crippen LogP contribution in [-0.4, -0.2) is 20.9 Å². The number of nitrogen functional groups attached to an aromatic ring is 1. The number of hydrogen-bond acceptors (Lipinski definition) is 3. The molecule has 0 fully saturated rings. The fraction of sp³-hybridized carbons (Fsp3) is 0.333. The van der Waals surface area contributed by atoms with E-state index in [0.29, 0.717) is 5.82 Å². The van der Waals surface area contributed by atoms with Crippen molar-refractivity contribution in [3.8, 4) is 0 Å². The molecule has 0 saturated heterocycles. The van der Waals surface area contributed by atoms with Gasteiger partial charge in [-0.25, -0.2) is 4.68 Å². The van der Waals surface area contributed by atoms with E-state index < -0.39 is 5.97 Å². The molecule has 0 amide bonds. The highest BCUT2D eigenvalue weighted by Crippen LogP contribution is 2.17. The zero-order valence-corrected chi connectivity index (χ0v) is 8.57. The van der Waals surface area contributed by atoms with Gasteiger partial charge in [0.15, 0.2) is 0 Å². The summed E-state index contributed by atoms with van der Waals surface area (Å²) >= 11 is 2.04. The number of carboxylic acid groups (broad SMARTS) is 1. The summed E-state index contributed by atoms with van der Waals surface area (Å²) in [5, 5.41) is 12.4. The van der Waals surface area contributed by atoms with Crippen molar-refractivity contribution in [3.63, 3.8) is 0 Å². The summed E-state index contributed by atoms with van der Waals surface area (Å²) in [6.07, 6.45) is 0. The molecule has 0 aliphatic heterocycles. The molecule has 0 spiro atoms. The molecule has 0 unspecified atom stereocenters. The van der Waals surface area contributed by atoms with Crippen molar-refractivity contribution in [3.05, 3.63) is 9.26 Å². The van der Waals surface area contributed by atoms with Gasteiger partial charge < -0.3 is 10.8 Å². The topological polar surface area (TPSA) is 81.1 Å². The van der Waals surface area contributed by atoms with Crippen molar-refractivity contribution in [2.75, 3.05) is 5.73 Å². The van der Waals surface area contributed by atoms with Crippen molar-refractivity contribution < 1.29 is 9.90 Å². The van der Waals surface area contributed by atoms with Crippen LogP contribution in [-0.2, 0) is 11.3 Å². The van der Waals surface area contributed by atoms with Gasteiger partial charge in [0.1, 0.15) is 12.4 Å². The number of carbonyl (C=O) groups is 1. The number of halogens is 1. The minimum Gasteiger partial charge on any atom is -0.480 e. The first kappa shape index (κ1) is 9.30. The molecule has 1 aromatic heterocycles. The third-order valence-electron chi connectivity index (χ3n) is 1.38.